The number of hydrogen-bond donors (Lipinski definition) is 2. The molecule has 0 unspecified atom stereocenters. The monoisotopic (exact) mass is 281 g/mol. The molecule has 1 fully saturated rings. The van der Waals surface area contributed by atoms with Crippen molar-refractivity contribution in [2.45, 2.75) is 31.3 Å². The second-order valence-corrected chi connectivity index (χ2v) is 5.35. The van der Waals surface area contributed by atoms with Crippen molar-refractivity contribution >= 4 is 11.9 Å². The SMILES string of the molecule is CN(C)C1(CNC(=O)c2cn(CC(=O)O)nn2)CCC1. The van der Waals surface area contributed by atoms with Crippen LogP contribution >= 0.6 is 0 Å². The zero-order valence-electron chi connectivity index (χ0n) is 11.7. The van der Waals surface area contributed by atoms with Gasteiger partial charge in [0.25, 0.3) is 5.91 Å². The molecule has 2 rings (SSSR count). The third-order valence-corrected chi connectivity index (χ3v) is 3.88. The van der Waals surface area contributed by atoms with Crippen LogP contribution in [-0.4, -0.2) is 63.1 Å². The van der Waals surface area contributed by atoms with Gasteiger partial charge in [-0.25, -0.2) is 4.68 Å². The fourth-order valence-corrected chi connectivity index (χ4v) is 2.32. The van der Waals surface area contributed by atoms with Crippen molar-refractivity contribution in [3.63, 3.8) is 0 Å². The van der Waals surface area contributed by atoms with Crippen molar-refractivity contribution in [1.29, 1.82) is 0 Å². The first kappa shape index (κ1) is 14.4. The van der Waals surface area contributed by atoms with Gasteiger partial charge in [0.1, 0.15) is 6.54 Å². The van der Waals surface area contributed by atoms with Gasteiger partial charge in [-0.3, -0.25) is 9.59 Å². The molecule has 2 N–H and O–H groups in total. The number of likely N-dealkylation sites (N-methyl/N-ethyl adjacent to an activating group) is 1. The number of hydrogen-bond acceptors (Lipinski definition) is 5. The van der Waals surface area contributed by atoms with E-state index in [-0.39, 0.29) is 23.7 Å². The summed E-state index contributed by atoms with van der Waals surface area (Å²) in [5.74, 6) is -1.35. The van der Waals surface area contributed by atoms with Gasteiger partial charge in [-0.1, -0.05) is 5.21 Å². The number of aliphatic carboxylic acids is 1. The van der Waals surface area contributed by atoms with Gasteiger partial charge in [0, 0.05) is 12.1 Å². The number of aromatic nitrogens is 3. The lowest BCUT2D eigenvalue weighted by Crippen LogP contribution is -2.57. The number of amides is 1. The van der Waals surface area contributed by atoms with Gasteiger partial charge >= 0.3 is 5.97 Å². The Morgan fingerprint density at radius 1 is 1.50 bits per heavy atom. The Labute approximate surface area is 116 Å². The highest BCUT2D eigenvalue weighted by Crippen LogP contribution is 2.35. The van der Waals surface area contributed by atoms with E-state index in [1.54, 1.807) is 0 Å². The predicted octanol–water partition coefficient (Wildman–Crippen LogP) is -0.423. The lowest BCUT2D eigenvalue weighted by molar-refractivity contribution is -0.137. The van der Waals surface area contributed by atoms with Crippen molar-refractivity contribution in [1.82, 2.24) is 25.2 Å². The average Bonchev–Trinajstić information content (AvgIpc) is 2.74. The fourth-order valence-electron chi connectivity index (χ4n) is 2.32. The maximum Gasteiger partial charge on any atom is 0.325 e. The number of nitrogens with one attached hydrogen (secondary N) is 1. The van der Waals surface area contributed by atoms with Gasteiger partial charge in [0.15, 0.2) is 5.69 Å². The molecule has 8 heteroatoms. The fraction of sp³-hybridized carbons (Fsp3) is 0.667. The van der Waals surface area contributed by atoms with E-state index >= 15 is 0 Å². The minimum Gasteiger partial charge on any atom is -0.480 e. The predicted molar refractivity (Wildman–Crippen MR) is 70.3 cm³/mol. The summed E-state index contributed by atoms with van der Waals surface area (Å²) in [6, 6.07) is 0. The highest BCUT2D eigenvalue weighted by Gasteiger charge is 2.39. The molecule has 0 bridgehead atoms. The van der Waals surface area contributed by atoms with E-state index in [0.717, 1.165) is 17.5 Å². The van der Waals surface area contributed by atoms with Crippen LogP contribution in [0.25, 0.3) is 0 Å². The molecular formula is C12H19N5O3. The third-order valence-electron chi connectivity index (χ3n) is 3.88. The molecular weight excluding hydrogens is 262 g/mol. The molecule has 1 heterocycles. The number of carboxylic acids is 1. The van der Waals surface area contributed by atoms with Crippen LogP contribution in [0.1, 0.15) is 29.8 Å². The number of carbonyl (C=O) groups is 2. The van der Waals surface area contributed by atoms with E-state index in [4.69, 9.17) is 5.11 Å². The summed E-state index contributed by atoms with van der Waals surface area (Å²) in [7, 11) is 4.02. The molecule has 1 saturated carbocycles. The average molecular weight is 281 g/mol. The Bertz CT molecular complexity index is 507. The quantitative estimate of drug-likeness (QED) is 0.734. The van der Waals surface area contributed by atoms with Crippen molar-refractivity contribution in [2.24, 2.45) is 0 Å². The Kier molecular flexibility index (Phi) is 4.03. The van der Waals surface area contributed by atoms with E-state index in [1.807, 2.05) is 14.1 Å². The van der Waals surface area contributed by atoms with Crippen molar-refractivity contribution < 1.29 is 14.7 Å². The molecule has 0 atom stereocenters. The van der Waals surface area contributed by atoms with Crippen molar-refractivity contribution in [3.05, 3.63) is 11.9 Å². The van der Waals surface area contributed by atoms with E-state index in [2.05, 4.69) is 20.5 Å². The number of carbonyl (C=O) groups excluding carboxylic acids is 1. The molecule has 0 saturated heterocycles. The molecule has 1 aliphatic carbocycles. The smallest absolute Gasteiger partial charge is 0.325 e. The van der Waals surface area contributed by atoms with Gasteiger partial charge in [0.05, 0.1) is 6.20 Å². The van der Waals surface area contributed by atoms with Gasteiger partial charge in [-0.05, 0) is 33.4 Å². The molecule has 0 aromatic carbocycles. The summed E-state index contributed by atoms with van der Waals surface area (Å²) in [6.45, 7) is 0.256. The van der Waals surface area contributed by atoms with Crippen LogP contribution < -0.4 is 5.32 Å². The molecule has 20 heavy (non-hydrogen) atoms. The summed E-state index contributed by atoms with van der Waals surface area (Å²) in [4.78, 5) is 24.6. The van der Waals surface area contributed by atoms with Crippen LogP contribution in [0.15, 0.2) is 6.20 Å². The Morgan fingerprint density at radius 2 is 2.20 bits per heavy atom. The van der Waals surface area contributed by atoms with E-state index in [1.165, 1.54) is 12.6 Å². The molecule has 1 aromatic rings. The Hall–Kier alpha value is -1.96. The highest BCUT2D eigenvalue weighted by atomic mass is 16.4. The number of nitrogens with zero attached hydrogens (tertiary/aromatic N) is 4. The van der Waals surface area contributed by atoms with E-state index in [0.29, 0.717) is 6.54 Å². The van der Waals surface area contributed by atoms with E-state index in [9.17, 15) is 9.59 Å². The second kappa shape index (κ2) is 5.58. The molecule has 1 aliphatic rings. The van der Waals surface area contributed by atoms with Crippen molar-refractivity contribution in [2.75, 3.05) is 20.6 Å². The first-order chi connectivity index (χ1) is 9.43. The summed E-state index contributed by atoms with van der Waals surface area (Å²) < 4.78 is 1.13. The maximum absolute atomic E-state index is 12.0. The minimum atomic E-state index is -1.03. The molecule has 110 valence electrons. The Morgan fingerprint density at radius 3 is 2.70 bits per heavy atom. The summed E-state index contributed by atoms with van der Waals surface area (Å²) in [5, 5.41) is 18.8. The molecule has 1 aromatic heterocycles. The molecule has 0 spiro atoms. The normalized spacial score (nSPS) is 16.8. The largest absolute Gasteiger partial charge is 0.480 e. The van der Waals surface area contributed by atoms with Gasteiger partial charge in [-0.2, -0.15) is 0 Å². The van der Waals surface area contributed by atoms with Crippen LogP contribution in [0.5, 0.6) is 0 Å². The minimum absolute atomic E-state index is 0.0344. The van der Waals surface area contributed by atoms with Crippen LogP contribution in [0, 0.1) is 0 Å². The van der Waals surface area contributed by atoms with Gasteiger partial charge < -0.3 is 15.3 Å². The second-order valence-electron chi connectivity index (χ2n) is 5.35. The zero-order chi connectivity index (χ0) is 14.8. The highest BCUT2D eigenvalue weighted by molar-refractivity contribution is 5.91. The van der Waals surface area contributed by atoms with Crippen LogP contribution in [0.4, 0.5) is 0 Å². The number of carboxylic acid groups (broad SMARTS) is 1. The van der Waals surface area contributed by atoms with Crippen LogP contribution in [0.3, 0.4) is 0 Å². The maximum atomic E-state index is 12.0. The summed E-state index contributed by atoms with van der Waals surface area (Å²) >= 11 is 0. The number of rotatable bonds is 6. The van der Waals surface area contributed by atoms with Gasteiger partial charge in [0.2, 0.25) is 0 Å². The molecule has 1 amide bonds. The van der Waals surface area contributed by atoms with Crippen LogP contribution in [0.2, 0.25) is 0 Å². The first-order valence-electron chi connectivity index (χ1n) is 6.50. The van der Waals surface area contributed by atoms with Gasteiger partial charge in [-0.15, -0.1) is 5.10 Å². The molecule has 8 nitrogen and oxygen atoms in total. The summed E-state index contributed by atoms with van der Waals surface area (Å²) in [6.07, 6.45) is 4.63. The Balaban J connectivity index is 1.91. The summed E-state index contributed by atoms with van der Waals surface area (Å²) in [5.41, 5.74) is 0.173. The molecule has 0 radical (unpaired) electrons. The third kappa shape index (κ3) is 2.96. The zero-order valence-corrected chi connectivity index (χ0v) is 11.7. The topological polar surface area (TPSA) is 100 Å². The lowest BCUT2D eigenvalue weighted by atomic mass is 9.75. The lowest BCUT2D eigenvalue weighted by Gasteiger charge is -2.47. The van der Waals surface area contributed by atoms with Crippen molar-refractivity contribution in [3.8, 4) is 0 Å². The standard InChI is InChI=1S/C12H19N5O3/c1-16(2)12(4-3-5-12)8-13-11(20)9-6-17(15-14-9)7-10(18)19/h6H,3-5,7-8H2,1-2H3,(H,13,20)(H,18,19). The van der Waals surface area contributed by atoms with Crippen LogP contribution in [-0.2, 0) is 11.3 Å². The van der Waals surface area contributed by atoms with E-state index < -0.39 is 5.97 Å². The molecule has 0 aliphatic heterocycles. The first-order valence-corrected chi connectivity index (χ1v) is 6.50.